The van der Waals surface area contributed by atoms with Gasteiger partial charge in [0.05, 0.1) is 12.0 Å². The number of hydrogen-bond donors (Lipinski definition) is 2. The van der Waals surface area contributed by atoms with Crippen LogP contribution in [-0.2, 0) is 11.2 Å². The van der Waals surface area contributed by atoms with E-state index in [1.165, 1.54) is 5.56 Å². The fourth-order valence-corrected chi connectivity index (χ4v) is 4.01. The summed E-state index contributed by atoms with van der Waals surface area (Å²) < 4.78 is 0. The standard InChI is InChI=1S/C21H21ClN2O/c1-13(14-6-3-2-4-7-14)23-21(25)17-9-5-8-16-18-12-15(22)10-11-19(18)24-20(16)17/h2-4,6-7,10-13,17,24H,5,8-9H2,1H3,(H,23,25). The molecular formula is C21H21ClN2O. The van der Waals surface area contributed by atoms with Crippen molar-refractivity contribution in [3.05, 3.63) is 70.4 Å². The normalized spacial score (nSPS) is 17.9. The van der Waals surface area contributed by atoms with E-state index in [9.17, 15) is 4.79 Å². The van der Waals surface area contributed by atoms with Crippen LogP contribution in [0, 0.1) is 0 Å². The molecule has 0 spiro atoms. The maximum atomic E-state index is 12.9. The van der Waals surface area contributed by atoms with Crippen LogP contribution in [0.25, 0.3) is 10.9 Å². The molecule has 1 amide bonds. The molecule has 0 radical (unpaired) electrons. The van der Waals surface area contributed by atoms with E-state index in [-0.39, 0.29) is 17.9 Å². The number of aromatic nitrogens is 1. The smallest absolute Gasteiger partial charge is 0.229 e. The Balaban J connectivity index is 1.62. The largest absolute Gasteiger partial charge is 0.357 e. The third-order valence-electron chi connectivity index (χ3n) is 5.14. The van der Waals surface area contributed by atoms with Gasteiger partial charge in [-0.05, 0) is 55.5 Å². The molecule has 2 aromatic carbocycles. The second kappa shape index (κ2) is 6.57. The first-order valence-corrected chi connectivity index (χ1v) is 9.16. The number of halogens is 1. The van der Waals surface area contributed by atoms with Crippen molar-refractivity contribution in [1.29, 1.82) is 0 Å². The zero-order valence-corrected chi connectivity index (χ0v) is 14.9. The molecule has 128 valence electrons. The van der Waals surface area contributed by atoms with Crippen molar-refractivity contribution in [2.24, 2.45) is 0 Å². The fourth-order valence-electron chi connectivity index (χ4n) is 3.84. The average molecular weight is 353 g/mol. The fraction of sp³-hybridized carbons (Fsp3) is 0.286. The van der Waals surface area contributed by atoms with Crippen LogP contribution in [0.4, 0.5) is 0 Å². The Morgan fingerprint density at radius 2 is 2.04 bits per heavy atom. The van der Waals surface area contributed by atoms with E-state index < -0.39 is 0 Å². The Bertz CT molecular complexity index is 916. The molecule has 0 saturated carbocycles. The molecule has 25 heavy (non-hydrogen) atoms. The van der Waals surface area contributed by atoms with Crippen LogP contribution in [0.5, 0.6) is 0 Å². The lowest BCUT2D eigenvalue weighted by Gasteiger charge is -2.24. The summed E-state index contributed by atoms with van der Waals surface area (Å²) in [6.07, 6.45) is 2.89. The van der Waals surface area contributed by atoms with Gasteiger partial charge in [0.1, 0.15) is 0 Å². The summed E-state index contributed by atoms with van der Waals surface area (Å²) in [4.78, 5) is 16.4. The summed E-state index contributed by atoms with van der Waals surface area (Å²) in [6, 6.07) is 16.0. The molecule has 0 fully saturated rings. The molecule has 4 heteroatoms. The maximum absolute atomic E-state index is 12.9. The maximum Gasteiger partial charge on any atom is 0.229 e. The van der Waals surface area contributed by atoms with Crippen molar-refractivity contribution in [1.82, 2.24) is 10.3 Å². The number of nitrogens with one attached hydrogen (secondary N) is 2. The van der Waals surface area contributed by atoms with Gasteiger partial charge in [-0.2, -0.15) is 0 Å². The third-order valence-corrected chi connectivity index (χ3v) is 5.38. The first-order chi connectivity index (χ1) is 12.1. The molecule has 1 aliphatic rings. The van der Waals surface area contributed by atoms with Gasteiger partial charge in [0.2, 0.25) is 5.91 Å². The predicted molar refractivity (Wildman–Crippen MR) is 102 cm³/mol. The monoisotopic (exact) mass is 352 g/mol. The Labute approximate surface area is 152 Å². The van der Waals surface area contributed by atoms with Gasteiger partial charge in [0.25, 0.3) is 0 Å². The molecule has 0 aliphatic heterocycles. The van der Waals surface area contributed by atoms with E-state index >= 15 is 0 Å². The number of rotatable bonds is 3. The highest BCUT2D eigenvalue weighted by Gasteiger charge is 2.30. The van der Waals surface area contributed by atoms with Gasteiger partial charge in [-0.25, -0.2) is 0 Å². The molecule has 1 heterocycles. The Morgan fingerprint density at radius 1 is 1.24 bits per heavy atom. The third kappa shape index (κ3) is 3.05. The minimum Gasteiger partial charge on any atom is -0.357 e. The quantitative estimate of drug-likeness (QED) is 0.675. The number of benzene rings is 2. The van der Waals surface area contributed by atoms with Gasteiger partial charge in [-0.15, -0.1) is 0 Å². The highest BCUT2D eigenvalue weighted by molar-refractivity contribution is 6.31. The minimum atomic E-state index is -0.124. The summed E-state index contributed by atoms with van der Waals surface area (Å²) >= 11 is 6.16. The molecule has 2 atom stereocenters. The number of fused-ring (bicyclic) bond motifs is 3. The van der Waals surface area contributed by atoms with Gasteiger partial charge in [0, 0.05) is 21.6 Å². The van der Waals surface area contributed by atoms with Gasteiger partial charge in [-0.3, -0.25) is 4.79 Å². The molecule has 3 nitrogen and oxygen atoms in total. The van der Waals surface area contributed by atoms with E-state index in [0.29, 0.717) is 0 Å². The predicted octanol–water partition coefficient (Wildman–Crippen LogP) is 5.12. The number of aryl methyl sites for hydroxylation is 1. The zero-order chi connectivity index (χ0) is 17.4. The zero-order valence-electron chi connectivity index (χ0n) is 14.2. The highest BCUT2D eigenvalue weighted by Crippen LogP contribution is 2.37. The number of carbonyl (C=O) groups is 1. The Morgan fingerprint density at radius 3 is 2.84 bits per heavy atom. The average Bonchev–Trinajstić information content (AvgIpc) is 3.00. The number of H-pyrrole nitrogens is 1. The van der Waals surface area contributed by atoms with E-state index in [0.717, 1.165) is 46.4 Å². The Kier molecular flexibility index (Phi) is 4.26. The first-order valence-electron chi connectivity index (χ1n) is 8.79. The lowest BCUT2D eigenvalue weighted by Crippen LogP contribution is -2.33. The van der Waals surface area contributed by atoms with Crippen LogP contribution < -0.4 is 5.32 Å². The van der Waals surface area contributed by atoms with E-state index in [4.69, 9.17) is 11.6 Å². The van der Waals surface area contributed by atoms with Crippen molar-refractivity contribution in [2.45, 2.75) is 38.1 Å². The SMILES string of the molecule is CC(NC(=O)C1CCCc2c1[nH]c1ccc(Cl)cc21)c1ccccc1. The number of aromatic amines is 1. The lowest BCUT2D eigenvalue weighted by molar-refractivity contribution is -0.123. The van der Waals surface area contributed by atoms with Crippen molar-refractivity contribution in [2.75, 3.05) is 0 Å². The van der Waals surface area contributed by atoms with Crippen LogP contribution in [0.1, 0.15) is 48.5 Å². The topological polar surface area (TPSA) is 44.9 Å². The summed E-state index contributed by atoms with van der Waals surface area (Å²) in [5.74, 6) is -0.0314. The van der Waals surface area contributed by atoms with E-state index in [2.05, 4.69) is 10.3 Å². The Hall–Kier alpha value is -2.26. The van der Waals surface area contributed by atoms with Gasteiger partial charge in [0.15, 0.2) is 0 Å². The van der Waals surface area contributed by atoms with Crippen LogP contribution >= 0.6 is 11.6 Å². The van der Waals surface area contributed by atoms with Crippen LogP contribution in [-0.4, -0.2) is 10.9 Å². The molecule has 0 bridgehead atoms. The second-order valence-electron chi connectivity index (χ2n) is 6.79. The summed E-state index contributed by atoms with van der Waals surface area (Å²) in [5.41, 5.74) is 4.48. The molecule has 4 rings (SSSR count). The van der Waals surface area contributed by atoms with E-state index in [1.807, 2.05) is 55.5 Å². The van der Waals surface area contributed by atoms with Gasteiger partial charge < -0.3 is 10.3 Å². The lowest BCUT2D eigenvalue weighted by atomic mass is 9.86. The number of carbonyl (C=O) groups excluding carboxylic acids is 1. The van der Waals surface area contributed by atoms with Crippen LogP contribution in [0.3, 0.4) is 0 Å². The van der Waals surface area contributed by atoms with Crippen molar-refractivity contribution >= 4 is 28.4 Å². The second-order valence-corrected chi connectivity index (χ2v) is 7.23. The minimum absolute atomic E-state index is 0.00195. The highest BCUT2D eigenvalue weighted by atomic mass is 35.5. The van der Waals surface area contributed by atoms with Crippen molar-refractivity contribution < 1.29 is 4.79 Å². The van der Waals surface area contributed by atoms with E-state index in [1.54, 1.807) is 0 Å². The van der Waals surface area contributed by atoms with Crippen molar-refractivity contribution in [3.63, 3.8) is 0 Å². The van der Waals surface area contributed by atoms with Gasteiger partial charge >= 0.3 is 0 Å². The molecule has 0 saturated heterocycles. The van der Waals surface area contributed by atoms with Crippen LogP contribution in [0.2, 0.25) is 5.02 Å². The molecular weight excluding hydrogens is 332 g/mol. The summed E-state index contributed by atoms with van der Waals surface area (Å²) in [5, 5.41) is 5.06. The van der Waals surface area contributed by atoms with Crippen LogP contribution in [0.15, 0.2) is 48.5 Å². The number of amides is 1. The number of hydrogen-bond acceptors (Lipinski definition) is 1. The summed E-state index contributed by atoms with van der Waals surface area (Å²) in [7, 11) is 0. The molecule has 2 N–H and O–H groups in total. The van der Waals surface area contributed by atoms with Gasteiger partial charge in [-0.1, -0.05) is 41.9 Å². The molecule has 3 aromatic rings. The molecule has 1 aliphatic carbocycles. The molecule has 2 unspecified atom stereocenters. The first kappa shape index (κ1) is 16.2. The summed E-state index contributed by atoms with van der Waals surface area (Å²) in [6.45, 7) is 2.03. The van der Waals surface area contributed by atoms with Crippen molar-refractivity contribution in [3.8, 4) is 0 Å². The molecule has 1 aromatic heterocycles.